The molecule has 0 atom stereocenters. The topological polar surface area (TPSA) is 0 Å². The van der Waals surface area contributed by atoms with Crippen molar-refractivity contribution < 1.29 is 24.0 Å². The van der Waals surface area contributed by atoms with Crippen LogP contribution in [0.5, 0.6) is 0 Å². The second-order valence-electron chi connectivity index (χ2n) is 3.77. The Balaban J connectivity index is 0.000000405. The van der Waals surface area contributed by atoms with Crippen molar-refractivity contribution in [3.63, 3.8) is 0 Å². The molecule has 0 aromatic carbocycles. The van der Waals surface area contributed by atoms with Gasteiger partial charge in [0.05, 0.1) is 0 Å². The van der Waals surface area contributed by atoms with Crippen molar-refractivity contribution in [1.29, 1.82) is 0 Å². The average Bonchev–Trinajstić information content (AvgIpc) is 1.63. The van der Waals surface area contributed by atoms with E-state index in [9.17, 15) is 0 Å². The molecule has 0 nitrogen and oxygen atoms in total. The summed E-state index contributed by atoms with van der Waals surface area (Å²) < 4.78 is 0. The van der Waals surface area contributed by atoms with Crippen LogP contribution in [0.1, 0.15) is 39.0 Å². The maximum atomic E-state index is 2.43. The summed E-state index contributed by atoms with van der Waals surface area (Å²) >= 11 is 0. The molecule has 0 spiro atoms. The Kier molecular flexibility index (Phi) is 4.53. The number of halogens is 1. The Bertz CT molecular complexity index is 102. The summed E-state index contributed by atoms with van der Waals surface area (Å²) in [4.78, 5) is 0. The Morgan fingerprint density at radius 2 is 1.90 bits per heavy atom. The van der Waals surface area contributed by atoms with Gasteiger partial charge >= 0.3 is 23.1 Å². The Morgan fingerprint density at radius 3 is 2.10 bits per heavy atom. The van der Waals surface area contributed by atoms with Crippen LogP contribution in [0.15, 0.2) is 0 Å². The zero-order valence-electron chi connectivity index (χ0n) is 6.62. The van der Waals surface area contributed by atoms with Gasteiger partial charge in [-0.3, -0.25) is 0 Å². The third-order valence-corrected chi connectivity index (χ3v) is 2.66. The first kappa shape index (κ1) is 11.5. The molecule has 0 unspecified atom stereocenters. The van der Waals surface area contributed by atoms with Crippen molar-refractivity contribution in [2.45, 2.75) is 39.0 Å². The second-order valence-corrected chi connectivity index (χ2v) is 3.77. The number of hydrogen-bond donors (Lipinski definition) is 0. The summed E-state index contributed by atoms with van der Waals surface area (Å²) in [6.07, 6.45) is 7.36. The molecule has 3 rings (SSSR count). The minimum absolute atomic E-state index is 0. The first-order valence-electron chi connectivity index (χ1n) is 3.62. The molecule has 0 saturated heterocycles. The van der Waals surface area contributed by atoms with Crippen LogP contribution < -0.4 is 24.0 Å². The molecule has 2 bridgehead atoms. The third kappa shape index (κ3) is 2.00. The van der Waals surface area contributed by atoms with Crippen molar-refractivity contribution in [2.24, 2.45) is 5.41 Å². The molecular formula is C8H13IMg. The number of hydrogen-bond acceptors (Lipinski definition) is 0. The van der Waals surface area contributed by atoms with Crippen LogP contribution in [0.3, 0.4) is 0 Å². The standard InChI is InChI=1S/C8H13.HI.Mg/c1-8-4-2-3-7(5-8)6-8;;/h2-6H2,1H3;1H;/q-1;;+2/p-1. The van der Waals surface area contributed by atoms with E-state index < -0.39 is 0 Å². The molecule has 0 heterocycles. The molecule has 10 heavy (non-hydrogen) atoms. The van der Waals surface area contributed by atoms with Gasteiger partial charge in [-0.05, 0) is 0 Å². The predicted molar refractivity (Wildman–Crippen MR) is 40.2 cm³/mol. The Morgan fingerprint density at radius 1 is 1.30 bits per heavy atom. The Labute approximate surface area is 96.7 Å². The smallest absolute Gasteiger partial charge is 1.00 e. The van der Waals surface area contributed by atoms with E-state index in [4.69, 9.17) is 0 Å². The van der Waals surface area contributed by atoms with E-state index >= 15 is 0 Å². The predicted octanol–water partition coefficient (Wildman–Crippen LogP) is -0.832. The van der Waals surface area contributed by atoms with Gasteiger partial charge in [-0.25, -0.2) is 0 Å². The van der Waals surface area contributed by atoms with E-state index in [1.165, 1.54) is 32.1 Å². The van der Waals surface area contributed by atoms with Crippen molar-refractivity contribution in [3.05, 3.63) is 5.92 Å². The van der Waals surface area contributed by atoms with Crippen LogP contribution in [0.2, 0.25) is 0 Å². The fourth-order valence-electron chi connectivity index (χ4n) is 2.27. The second kappa shape index (κ2) is 3.94. The van der Waals surface area contributed by atoms with E-state index in [1.807, 2.05) is 5.92 Å². The van der Waals surface area contributed by atoms with E-state index in [1.54, 1.807) is 0 Å². The molecule has 3 aliphatic carbocycles. The van der Waals surface area contributed by atoms with Crippen LogP contribution in [-0.4, -0.2) is 23.1 Å². The molecule has 3 saturated carbocycles. The number of rotatable bonds is 0. The van der Waals surface area contributed by atoms with Gasteiger partial charge in [-0.15, -0.1) is 0 Å². The van der Waals surface area contributed by atoms with Crippen molar-refractivity contribution in [3.8, 4) is 0 Å². The van der Waals surface area contributed by atoms with Crippen molar-refractivity contribution in [2.75, 3.05) is 0 Å². The van der Waals surface area contributed by atoms with Gasteiger partial charge in [0.1, 0.15) is 0 Å². The summed E-state index contributed by atoms with van der Waals surface area (Å²) in [5.41, 5.74) is 0.785. The first-order valence-corrected chi connectivity index (χ1v) is 3.62. The fraction of sp³-hybridized carbons (Fsp3) is 0.875. The minimum Gasteiger partial charge on any atom is -1.00 e. The van der Waals surface area contributed by atoms with E-state index in [-0.39, 0.29) is 47.0 Å². The van der Waals surface area contributed by atoms with Crippen LogP contribution in [0, 0.1) is 11.3 Å². The third-order valence-electron chi connectivity index (χ3n) is 2.66. The molecule has 0 aromatic rings. The SMILES string of the molecule is CC12CCC[C-](C1)C2.[I-].[Mg+2]. The van der Waals surface area contributed by atoms with E-state index in [0.717, 1.165) is 5.41 Å². The number of fused-ring (bicyclic) bond motifs is 2. The monoisotopic (exact) mass is 260 g/mol. The first-order chi connectivity index (χ1) is 3.79. The molecular weight excluding hydrogens is 247 g/mol. The summed E-state index contributed by atoms with van der Waals surface area (Å²) in [5, 5.41) is 0. The summed E-state index contributed by atoms with van der Waals surface area (Å²) in [6, 6.07) is 0. The maximum absolute atomic E-state index is 2.43. The molecule has 2 heteroatoms. The van der Waals surface area contributed by atoms with Crippen molar-refractivity contribution >= 4 is 23.1 Å². The maximum Gasteiger partial charge on any atom is 2.00 e. The average molecular weight is 260 g/mol. The van der Waals surface area contributed by atoms with Crippen LogP contribution in [0.25, 0.3) is 0 Å². The Hall–Kier alpha value is 1.50. The summed E-state index contributed by atoms with van der Waals surface area (Å²) in [6.45, 7) is 2.43. The molecule has 0 amide bonds. The van der Waals surface area contributed by atoms with Crippen LogP contribution in [-0.2, 0) is 0 Å². The van der Waals surface area contributed by atoms with Gasteiger partial charge in [0.25, 0.3) is 0 Å². The van der Waals surface area contributed by atoms with Gasteiger partial charge in [0, 0.05) is 0 Å². The van der Waals surface area contributed by atoms with E-state index in [0.29, 0.717) is 0 Å². The summed E-state index contributed by atoms with van der Waals surface area (Å²) in [7, 11) is 0. The van der Waals surface area contributed by atoms with Gasteiger partial charge in [-0.2, -0.15) is 19.3 Å². The fourth-order valence-corrected chi connectivity index (χ4v) is 2.27. The molecule has 0 aromatic heterocycles. The molecule has 3 fully saturated rings. The molecule has 54 valence electrons. The van der Waals surface area contributed by atoms with Gasteiger partial charge in [0.15, 0.2) is 0 Å². The normalized spacial score (nSPS) is 27.3. The van der Waals surface area contributed by atoms with E-state index in [2.05, 4.69) is 6.92 Å². The molecule has 0 aliphatic heterocycles. The summed E-state index contributed by atoms with van der Waals surface area (Å²) in [5.74, 6) is 1.85. The largest absolute Gasteiger partial charge is 2.00 e. The molecule has 0 N–H and O–H groups in total. The zero-order valence-corrected chi connectivity index (χ0v) is 10.2. The minimum atomic E-state index is 0. The van der Waals surface area contributed by atoms with Crippen LogP contribution >= 0.6 is 0 Å². The van der Waals surface area contributed by atoms with Crippen molar-refractivity contribution in [1.82, 2.24) is 0 Å². The molecule has 0 radical (unpaired) electrons. The van der Waals surface area contributed by atoms with Gasteiger partial charge in [0.2, 0.25) is 0 Å². The van der Waals surface area contributed by atoms with Crippen LogP contribution in [0.4, 0.5) is 0 Å². The molecule has 3 aliphatic rings. The van der Waals surface area contributed by atoms with Gasteiger partial charge < -0.3 is 29.9 Å². The zero-order chi connectivity index (χ0) is 5.61. The quantitative estimate of drug-likeness (QED) is 0.303. The van der Waals surface area contributed by atoms with Gasteiger partial charge in [-0.1, -0.05) is 25.2 Å².